The molecule has 0 spiro atoms. The number of primary sulfonamides is 1. The molecule has 1 fully saturated rings. The summed E-state index contributed by atoms with van der Waals surface area (Å²) in [7, 11) is -3.84. The third-order valence-corrected chi connectivity index (χ3v) is 5.67. The minimum absolute atomic E-state index is 0.0665. The van der Waals surface area contributed by atoms with Crippen molar-refractivity contribution in [3.8, 4) is 0 Å². The highest BCUT2D eigenvalue weighted by Gasteiger charge is 2.30. The average molecular weight is 420 g/mol. The molecular formula is C19H24N4O5S. The smallest absolute Gasteiger partial charge is 0.238 e. The van der Waals surface area contributed by atoms with E-state index in [-0.39, 0.29) is 29.2 Å². The molecule has 0 bridgehead atoms. The lowest BCUT2D eigenvalue weighted by atomic mass is 10.2. The van der Waals surface area contributed by atoms with Crippen molar-refractivity contribution in [2.24, 2.45) is 5.14 Å². The first-order valence-corrected chi connectivity index (χ1v) is 10.8. The van der Waals surface area contributed by atoms with E-state index in [0.29, 0.717) is 24.5 Å². The van der Waals surface area contributed by atoms with Crippen LogP contribution in [0.1, 0.15) is 25.0 Å². The van der Waals surface area contributed by atoms with Crippen LogP contribution in [0, 0.1) is 0 Å². The van der Waals surface area contributed by atoms with Crippen molar-refractivity contribution in [3.05, 3.63) is 48.4 Å². The van der Waals surface area contributed by atoms with Crippen LogP contribution >= 0.6 is 0 Å². The van der Waals surface area contributed by atoms with Crippen LogP contribution in [0.4, 0.5) is 5.69 Å². The largest absolute Gasteiger partial charge is 0.467 e. The molecule has 0 aliphatic carbocycles. The van der Waals surface area contributed by atoms with Crippen LogP contribution in [0.5, 0.6) is 0 Å². The maximum absolute atomic E-state index is 12.5. The highest BCUT2D eigenvalue weighted by Crippen LogP contribution is 2.19. The lowest BCUT2D eigenvalue weighted by Gasteiger charge is -2.23. The molecule has 0 saturated carbocycles. The zero-order chi connectivity index (χ0) is 20.9. The summed E-state index contributed by atoms with van der Waals surface area (Å²) in [5.41, 5.74) is 0.357. The standard InChI is InChI=1S/C19H24N4O5S/c20-29(26,27)16-6-1-4-14(12-16)22-18(24)8-10-23-9-2-7-17(23)19(25)21-13-15-5-3-11-28-15/h1,3-6,11-12,17H,2,7-10,13H2,(H,21,25)(H,22,24)(H2,20,26,27). The van der Waals surface area contributed by atoms with Gasteiger partial charge in [0, 0.05) is 18.7 Å². The molecule has 2 heterocycles. The highest BCUT2D eigenvalue weighted by atomic mass is 32.2. The summed E-state index contributed by atoms with van der Waals surface area (Å²) in [4.78, 5) is 26.6. The van der Waals surface area contributed by atoms with Crippen LogP contribution in [-0.4, -0.2) is 44.3 Å². The number of amides is 2. The molecular weight excluding hydrogens is 396 g/mol. The number of rotatable bonds is 8. The molecule has 1 atom stereocenters. The van der Waals surface area contributed by atoms with Gasteiger partial charge in [-0.3, -0.25) is 14.5 Å². The minimum Gasteiger partial charge on any atom is -0.467 e. The quantitative estimate of drug-likeness (QED) is 0.584. The number of nitrogens with zero attached hydrogens (tertiary/aromatic N) is 1. The second-order valence-corrected chi connectivity index (χ2v) is 8.42. The van der Waals surface area contributed by atoms with Crippen molar-refractivity contribution >= 4 is 27.5 Å². The first-order valence-electron chi connectivity index (χ1n) is 9.30. The Bertz CT molecular complexity index is 959. The number of likely N-dealkylation sites (tertiary alicyclic amines) is 1. The first kappa shape index (κ1) is 21.0. The Morgan fingerprint density at radius 3 is 2.79 bits per heavy atom. The predicted molar refractivity (Wildman–Crippen MR) is 106 cm³/mol. The summed E-state index contributed by atoms with van der Waals surface area (Å²) in [6.45, 7) is 1.50. The lowest BCUT2D eigenvalue weighted by Crippen LogP contribution is -2.43. The van der Waals surface area contributed by atoms with Gasteiger partial charge in [0.05, 0.1) is 23.7 Å². The van der Waals surface area contributed by atoms with Crippen LogP contribution in [0.2, 0.25) is 0 Å². The van der Waals surface area contributed by atoms with Gasteiger partial charge in [0.15, 0.2) is 0 Å². The highest BCUT2D eigenvalue weighted by molar-refractivity contribution is 7.89. The lowest BCUT2D eigenvalue weighted by molar-refractivity contribution is -0.126. The number of furan rings is 1. The van der Waals surface area contributed by atoms with Crippen LogP contribution < -0.4 is 15.8 Å². The van der Waals surface area contributed by atoms with Crippen molar-refractivity contribution < 1.29 is 22.4 Å². The van der Waals surface area contributed by atoms with Gasteiger partial charge >= 0.3 is 0 Å². The molecule has 4 N–H and O–H groups in total. The Morgan fingerprint density at radius 1 is 1.24 bits per heavy atom. The van der Waals surface area contributed by atoms with Gasteiger partial charge in [-0.1, -0.05) is 6.07 Å². The number of sulfonamides is 1. The molecule has 9 nitrogen and oxygen atoms in total. The zero-order valence-corrected chi connectivity index (χ0v) is 16.7. The molecule has 0 radical (unpaired) electrons. The van der Waals surface area contributed by atoms with Crippen LogP contribution in [0.3, 0.4) is 0 Å². The van der Waals surface area contributed by atoms with Gasteiger partial charge in [0.2, 0.25) is 21.8 Å². The molecule has 10 heteroatoms. The van der Waals surface area contributed by atoms with E-state index in [2.05, 4.69) is 10.6 Å². The summed E-state index contributed by atoms with van der Waals surface area (Å²) in [5.74, 6) is 0.336. The Hall–Kier alpha value is -2.69. The van der Waals surface area contributed by atoms with Gasteiger partial charge < -0.3 is 15.1 Å². The van der Waals surface area contributed by atoms with E-state index in [1.54, 1.807) is 24.5 Å². The van der Waals surface area contributed by atoms with Crippen LogP contribution in [-0.2, 0) is 26.2 Å². The number of nitrogens with two attached hydrogens (primary N) is 1. The Labute approximate surface area is 169 Å². The number of hydrogen-bond acceptors (Lipinski definition) is 6. The SMILES string of the molecule is NS(=O)(=O)c1cccc(NC(=O)CCN2CCCC2C(=O)NCc2ccco2)c1. The third-order valence-electron chi connectivity index (χ3n) is 4.76. The molecule has 1 saturated heterocycles. The first-order chi connectivity index (χ1) is 13.8. The van der Waals surface area contributed by atoms with Gasteiger partial charge in [-0.2, -0.15) is 0 Å². The van der Waals surface area contributed by atoms with E-state index in [9.17, 15) is 18.0 Å². The van der Waals surface area contributed by atoms with Crippen molar-refractivity contribution in [2.75, 3.05) is 18.4 Å². The Kier molecular flexibility index (Phi) is 6.68. The number of carbonyl (C=O) groups is 2. The fourth-order valence-corrected chi connectivity index (χ4v) is 3.87. The molecule has 1 aliphatic heterocycles. The average Bonchev–Trinajstić information content (AvgIpc) is 3.36. The normalized spacial score (nSPS) is 17.2. The molecule has 2 amide bonds. The number of benzene rings is 1. The van der Waals surface area contributed by atoms with E-state index in [1.165, 1.54) is 18.2 Å². The molecule has 3 rings (SSSR count). The topological polar surface area (TPSA) is 135 Å². The van der Waals surface area contributed by atoms with E-state index < -0.39 is 10.0 Å². The molecule has 2 aromatic rings. The van der Waals surface area contributed by atoms with Gasteiger partial charge in [-0.25, -0.2) is 13.6 Å². The molecule has 1 aromatic carbocycles. The van der Waals surface area contributed by atoms with Crippen molar-refractivity contribution in [1.29, 1.82) is 0 Å². The maximum Gasteiger partial charge on any atom is 0.238 e. The monoisotopic (exact) mass is 420 g/mol. The van der Waals surface area contributed by atoms with E-state index >= 15 is 0 Å². The fourth-order valence-electron chi connectivity index (χ4n) is 3.32. The Balaban J connectivity index is 1.49. The van der Waals surface area contributed by atoms with E-state index in [1.807, 2.05) is 4.90 Å². The third kappa shape index (κ3) is 5.89. The second-order valence-electron chi connectivity index (χ2n) is 6.86. The number of anilines is 1. The Morgan fingerprint density at radius 2 is 2.07 bits per heavy atom. The summed E-state index contributed by atoms with van der Waals surface area (Å²) >= 11 is 0. The zero-order valence-electron chi connectivity index (χ0n) is 15.8. The molecule has 1 unspecified atom stereocenters. The number of carbonyl (C=O) groups excluding carboxylic acids is 2. The van der Waals surface area contributed by atoms with Crippen LogP contribution in [0.15, 0.2) is 52.0 Å². The van der Waals surface area contributed by atoms with Crippen LogP contribution in [0.25, 0.3) is 0 Å². The molecule has 156 valence electrons. The minimum atomic E-state index is -3.84. The van der Waals surface area contributed by atoms with Gasteiger partial charge in [-0.05, 0) is 49.7 Å². The molecule has 1 aromatic heterocycles. The van der Waals surface area contributed by atoms with E-state index in [0.717, 1.165) is 19.4 Å². The second kappa shape index (κ2) is 9.21. The van der Waals surface area contributed by atoms with Crippen molar-refractivity contribution in [3.63, 3.8) is 0 Å². The molecule has 1 aliphatic rings. The fraction of sp³-hybridized carbons (Fsp3) is 0.368. The summed E-state index contributed by atoms with van der Waals surface area (Å²) in [6.07, 6.45) is 3.36. The molecule has 29 heavy (non-hydrogen) atoms. The maximum atomic E-state index is 12.5. The predicted octanol–water partition coefficient (Wildman–Crippen LogP) is 1.04. The summed E-state index contributed by atoms with van der Waals surface area (Å²) in [5, 5.41) is 10.6. The van der Waals surface area contributed by atoms with Crippen molar-refractivity contribution in [1.82, 2.24) is 10.2 Å². The summed E-state index contributed by atoms with van der Waals surface area (Å²) in [6, 6.07) is 9.06. The van der Waals surface area contributed by atoms with E-state index in [4.69, 9.17) is 9.56 Å². The number of hydrogen-bond donors (Lipinski definition) is 3. The summed E-state index contributed by atoms with van der Waals surface area (Å²) < 4.78 is 28.0. The van der Waals surface area contributed by atoms with Gasteiger partial charge in [0.1, 0.15) is 5.76 Å². The van der Waals surface area contributed by atoms with Gasteiger partial charge in [0.25, 0.3) is 0 Å². The number of nitrogens with one attached hydrogen (secondary N) is 2. The van der Waals surface area contributed by atoms with Crippen molar-refractivity contribution in [2.45, 2.75) is 36.7 Å². The van der Waals surface area contributed by atoms with Gasteiger partial charge in [-0.15, -0.1) is 0 Å².